The van der Waals surface area contributed by atoms with E-state index in [4.69, 9.17) is 5.10 Å². The van der Waals surface area contributed by atoms with Gasteiger partial charge >= 0.3 is 0 Å². The number of aryl methyl sites for hydroxylation is 1. The van der Waals surface area contributed by atoms with Crippen LogP contribution in [-0.2, 0) is 16.1 Å². The maximum atomic E-state index is 13.8. The molecule has 0 bridgehead atoms. The second-order valence-corrected chi connectivity index (χ2v) is 11.6. The van der Waals surface area contributed by atoms with E-state index >= 15 is 0 Å². The minimum Gasteiger partial charge on any atom is -0.350 e. The molecule has 0 radical (unpaired) electrons. The molecule has 9 heteroatoms. The number of nitrogens with one attached hydrogen (secondary N) is 1. The Morgan fingerprint density at radius 2 is 1.85 bits per heavy atom. The summed E-state index contributed by atoms with van der Waals surface area (Å²) in [5.41, 5.74) is 5.56. The number of nitrogens with zero attached hydrogens (tertiary/aromatic N) is 4. The topological polar surface area (TPSA) is 80.1 Å². The SMILES string of the molecule is Cc1cccc(-n2nc(-c3ccccc3)c3c2N(CC(=O)NCc2ccncc2)C(=O)CSC3c2cccs2)c1. The number of carbonyl (C=O) groups is 2. The van der Waals surface area contributed by atoms with Gasteiger partial charge in [-0.2, -0.15) is 5.10 Å². The summed E-state index contributed by atoms with van der Waals surface area (Å²) in [5.74, 6) is 0.514. The Morgan fingerprint density at radius 1 is 1.02 bits per heavy atom. The van der Waals surface area contributed by atoms with Gasteiger partial charge in [0.05, 0.1) is 22.4 Å². The number of fused-ring (bicyclic) bond motifs is 1. The average molecular weight is 566 g/mol. The Balaban J connectivity index is 1.50. The number of hydrogen-bond donors (Lipinski definition) is 1. The van der Waals surface area contributed by atoms with Gasteiger partial charge in [-0.3, -0.25) is 19.5 Å². The van der Waals surface area contributed by atoms with Gasteiger partial charge in [0.2, 0.25) is 11.8 Å². The lowest BCUT2D eigenvalue weighted by Gasteiger charge is -2.23. The minimum absolute atomic E-state index is 0.111. The maximum Gasteiger partial charge on any atom is 0.240 e. The Labute approximate surface area is 240 Å². The third kappa shape index (κ3) is 5.30. The van der Waals surface area contributed by atoms with Crippen molar-refractivity contribution in [1.82, 2.24) is 20.1 Å². The van der Waals surface area contributed by atoms with Crippen LogP contribution in [0.3, 0.4) is 0 Å². The molecular formula is C31H27N5O2S2. The largest absolute Gasteiger partial charge is 0.350 e. The van der Waals surface area contributed by atoms with Gasteiger partial charge in [-0.25, -0.2) is 4.68 Å². The highest BCUT2D eigenvalue weighted by Crippen LogP contribution is 2.49. The number of rotatable bonds is 7. The van der Waals surface area contributed by atoms with Gasteiger partial charge in [-0.05, 0) is 53.8 Å². The molecule has 1 N–H and O–H groups in total. The number of amides is 2. The van der Waals surface area contributed by atoms with Crippen LogP contribution in [0.1, 0.15) is 26.8 Å². The summed E-state index contributed by atoms with van der Waals surface area (Å²) in [6.45, 7) is 2.28. The molecule has 2 amide bonds. The maximum absolute atomic E-state index is 13.8. The summed E-state index contributed by atoms with van der Waals surface area (Å²) < 4.78 is 1.84. The van der Waals surface area contributed by atoms with Gasteiger partial charge in [0.15, 0.2) is 0 Å². The molecule has 1 atom stereocenters. The second kappa shape index (κ2) is 11.5. The molecule has 7 nitrogen and oxygen atoms in total. The van der Waals surface area contributed by atoms with Crippen molar-refractivity contribution >= 4 is 40.7 Å². The van der Waals surface area contributed by atoms with E-state index < -0.39 is 0 Å². The normalized spacial score (nSPS) is 15.0. The smallest absolute Gasteiger partial charge is 0.240 e. The highest BCUT2D eigenvalue weighted by Gasteiger charge is 2.38. The zero-order valence-electron chi connectivity index (χ0n) is 21.9. The summed E-state index contributed by atoms with van der Waals surface area (Å²) in [5, 5.41) is 10.0. The van der Waals surface area contributed by atoms with E-state index in [1.807, 2.05) is 84.4 Å². The lowest BCUT2D eigenvalue weighted by molar-refractivity contribution is -0.123. The summed E-state index contributed by atoms with van der Waals surface area (Å²) >= 11 is 3.25. The van der Waals surface area contributed by atoms with Crippen molar-refractivity contribution in [2.45, 2.75) is 18.7 Å². The fourth-order valence-electron chi connectivity index (χ4n) is 4.83. The zero-order valence-corrected chi connectivity index (χ0v) is 23.5. The molecule has 1 aliphatic heterocycles. The summed E-state index contributed by atoms with van der Waals surface area (Å²) in [6.07, 6.45) is 3.39. The fourth-order valence-corrected chi connectivity index (χ4v) is 7.01. The predicted octanol–water partition coefficient (Wildman–Crippen LogP) is 5.79. The number of pyridine rings is 1. The van der Waals surface area contributed by atoms with Crippen molar-refractivity contribution in [3.63, 3.8) is 0 Å². The first-order valence-corrected chi connectivity index (χ1v) is 14.9. The Hall–Kier alpha value is -4.21. The first-order valence-electron chi connectivity index (χ1n) is 12.9. The number of anilines is 1. The third-order valence-electron chi connectivity index (χ3n) is 6.72. The van der Waals surface area contributed by atoms with Crippen LogP contribution in [0.25, 0.3) is 16.9 Å². The number of thiophene rings is 1. The van der Waals surface area contributed by atoms with E-state index in [0.717, 1.165) is 38.5 Å². The van der Waals surface area contributed by atoms with Gasteiger partial charge in [0.25, 0.3) is 0 Å². The molecule has 3 aromatic heterocycles. The van der Waals surface area contributed by atoms with Crippen molar-refractivity contribution in [1.29, 1.82) is 0 Å². The van der Waals surface area contributed by atoms with Gasteiger partial charge in [0, 0.05) is 34.9 Å². The van der Waals surface area contributed by atoms with Gasteiger partial charge in [-0.1, -0.05) is 48.5 Å². The molecule has 1 unspecified atom stereocenters. The van der Waals surface area contributed by atoms with Crippen LogP contribution >= 0.6 is 23.1 Å². The summed E-state index contributed by atoms with van der Waals surface area (Å²) in [6, 6.07) is 25.9. The monoisotopic (exact) mass is 565 g/mol. The molecule has 0 aliphatic carbocycles. The van der Waals surface area contributed by atoms with Gasteiger partial charge in [0.1, 0.15) is 12.4 Å². The average Bonchev–Trinajstić information content (AvgIpc) is 3.63. The van der Waals surface area contributed by atoms with E-state index in [1.165, 1.54) is 0 Å². The first kappa shape index (κ1) is 26.0. The Morgan fingerprint density at radius 3 is 2.60 bits per heavy atom. The van der Waals surface area contributed by atoms with Crippen molar-refractivity contribution < 1.29 is 9.59 Å². The molecule has 6 rings (SSSR count). The zero-order chi connectivity index (χ0) is 27.5. The molecule has 0 fully saturated rings. The predicted molar refractivity (Wildman–Crippen MR) is 161 cm³/mol. The number of aromatic nitrogens is 3. The summed E-state index contributed by atoms with van der Waals surface area (Å²) in [4.78, 5) is 33.9. The second-order valence-electron chi connectivity index (χ2n) is 9.52. The van der Waals surface area contributed by atoms with Crippen molar-refractivity contribution in [3.05, 3.63) is 118 Å². The van der Waals surface area contributed by atoms with Crippen LogP contribution < -0.4 is 10.2 Å². The van der Waals surface area contributed by atoms with Crippen LogP contribution in [0.15, 0.2) is 96.6 Å². The Bertz CT molecular complexity index is 1640. The van der Waals surface area contributed by atoms with Crippen LogP contribution in [0, 0.1) is 6.92 Å². The van der Waals surface area contributed by atoms with Crippen LogP contribution in [0.2, 0.25) is 0 Å². The minimum atomic E-state index is -0.242. The molecule has 40 heavy (non-hydrogen) atoms. The first-order chi connectivity index (χ1) is 19.6. The number of carbonyl (C=O) groups excluding carboxylic acids is 2. The molecule has 0 saturated carbocycles. The molecule has 0 saturated heterocycles. The highest BCUT2D eigenvalue weighted by molar-refractivity contribution is 8.00. The van der Waals surface area contributed by atoms with Gasteiger partial charge < -0.3 is 5.32 Å². The van der Waals surface area contributed by atoms with E-state index in [9.17, 15) is 9.59 Å². The quantitative estimate of drug-likeness (QED) is 0.270. The molecular weight excluding hydrogens is 539 g/mol. The number of benzene rings is 2. The third-order valence-corrected chi connectivity index (χ3v) is 9.05. The van der Waals surface area contributed by atoms with Crippen LogP contribution in [0.4, 0.5) is 5.82 Å². The molecule has 200 valence electrons. The lowest BCUT2D eigenvalue weighted by Crippen LogP contribution is -2.42. The van der Waals surface area contributed by atoms with E-state index in [2.05, 4.69) is 21.7 Å². The fraction of sp³-hybridized carbons (Fsp3) is 0.161. The molecule has 2 aromatic carbocycles. The van der Waals surface area contributed by atoms with Crippen molar-refractivity contribution in [3.8, 4) is 16.9 Å². The molecule has 0 spiro atoms. The van der Waals surface area contributed by atoms with Gasteiger partial charge in [-0.15, -0.1) is 23.1 Å². The van der Waals surface area contributed by atoms with Crippen molar-refractivity contribution in [2.75, 3.05) is 17.2 Å². The molecule has 5 aromatic rings. The lowest BCUT2D eigenvalue weighted by atomic mass is 10.0. The highest BCUT2D eigenvalue weighted by atomic mass is 32.2. The summed E-state index contributed by atoms with van der Waals surface area (Å²) in [7, 11) is 0. The Kier molecular flexibility index (Phi) is 7.48. The van der Waals surface area contributed by atoms with E-state index in [1.54, 1.807) is 40.4 Å². The number of hydrogen-bond acceptors (Lipinski definition) is 6. The van der Waals surface area contributed by atoms with Crippen molar-refractivity contribution in [2.24, 2.45) is 0 Å². The number of thioether (sulfide) groups is 1. The standard InChI is InChI=1S/C31H27N5O2S2/c1-21-7-5-10-24(17-21)36-31-28(29(34-36)23-8-3-2-4-9-23)30(25-11-6-16-39-25)40-20-27(38)35(31)19-26(37)33-18-22-12-14-32-15-13-22/h2-17,30H,18-20H2,1H3,(H,33,37). The van der Waals surface area contributed by atoms with E-state index in [-0.39, 0.29) is 29.4 Å². The van der Waals surface area contributed by atoms with Crippen LogP contribution in [-0.4, -0.2) is 38.9 Å². The van der Waals surface area contributed by atoms with Crippen LogP contribution in [0.5, 0.6) is 0 Å². The molecule has 4 heterocycles. The van der Waals surface area contributed by atoms with E-state index in [0.29, 0.717) is 12.4 Å². The molecule has 1 aliphatic rings.